The maximum absolute atomic E-state index is 12.3. The molecule has 4 rings (SSSR count). The van der Waals surface area contributed by atoms with Gasteiger partial charge in [-0.25, -0.2) is 0 Å². The molecule has 0 spiro atoms. The summed E-state index contributed by atoms with van der Waals surface area (Å²) in [6, 6.07) is 4.38. The Bertz CT molecular complexity index is 572. The number of anilines is 1. The standard InChI is InChI=1S/C17H24N4O2/c1-11-5-6-16(20-19-11)21-8-7-12-9-14(23-15(12)10-21)17(22)18-13-3-2-4-13/h5-6,12-15H,2-4,7-10H2,1H3,(H,18,22)/t12-,14-,15-/m1/s1. The third kappa shape index (κ3) is 3.04. The van der Waals surface area contributed by atoms with Crippen molar-refractivity contribution < 1.29 is 9.53 Å². The molecule has 3 atom stereocenters. The molecule has 1 N–H and O–H groups in total. The highest BCUT2D eigenvalue weighted by atomic mass is 16.5. The van der Waals surface area contributed by atoms with Crippen molar-refractivity contribution in [3.63, 3.8) is 0 Å². The van der Waals surface area contributed by atoms with Crippen molar-refractivity contribution in [2.45, 2.75) is 57.3 Å². The van der Waals surface area contributed by atoms with Crippen LogP contribution in [0.1, 0.15) is 37.8 Å². The molecule has 1 aliphatic carbocycles. The molecule has 3 heterocycles. The maximum Gasteiger partial charge on any atom is 0.249 e. The van der Waals surface area contributed by atoms with Crippen LogP contribution < -0.4 is 10.2 Å². The summed E-state index contributed by atoms with van der Waals surface area (Å²) in [7, 11) is 0. The Morgan fingerprint density at radius 3 is 2.87 bits per heavy atom. The molecule has 124 valence electrons. The van der Waals surface area contributed by atoms with Crippen molar-refractivity contribution in [2.24, 2.45) is 5.92 Å². The summed E-state index contributed by atoms with van der Waals surface area (Å²) in [6.45, 7) is 3.70. The first-order valence-corrected chi connectivity index (χ1v) is 8.70. The number of carbonyl (C=O) groups excluding carboxylic acids is 1. The van der Waals surface area contributed by atoms with E-state index in [0.717, 1.165) is 50.3 Å². The molecule has 1 amide bonds. The molecule has 3 fully saturated rings. The molecule has 0 unspecified atom stereocenters. The predicted octanol–water partition coefficient (Wildman–Crippen LogP) is 1.44. The number of carbonyl (C=O) groups is 1. The Morgan fingerprint density at radius 1 is 1.30 bits per heavy atom. The lowest BCUT2D eigenvalue weighted by atomic mass is 9.90. The number of aromatic nitrogens is 2. The van der Waals surface area contributed by atoms with Gasteiger partial charge in [-0.2, -0.15) is 5.10 Å². The van der Waals surface area contributed by atoms with Crippen LogP contribution in [-0.2, 0) is 9.53 Å². The number of ether oxygens (including phenoxy) is 1. The first kappa shape index (κ1) is 14.9. The molecule has 2 saturated heterocycles. The number of nitrogens with one attached hydrogen (secondary N) is 1. The monoisotopic (exact) mass is 316 g/mol. The Hall–Kier alpha value is -1.69. The minimum Gasteiger partial charge on any atom is -0.363 e. The van der Waals surface area contributed by atoms with Crippen molar-refractivity contribution in [3.8, 4) is 0 Å². The maximum atomic E-state index is 12.3. The largest absolute Gasteiger partial charge is 0.363 e. The van der Waals surface area contributed by atoms with Crippen LogP contribution in [0.25, 0.3) is 0 Å². The van der Waals surface area contributed by atoms with E-state index in [1.54, 1.807) is 0 Å². The van der Waals surface area contributed by atoms with E-state index < -0.39 is 0 Å². The van der Waals surface area contributed by atoms with Crippen LogP contribution in [0.5, 0.6) is 0 Å². The smallest absolute Gasteiger partial charge is 0.249 e. The number of hydrogen-bond acceptors (Lipinski definition) is 5. The molecule has 6 heteroatoms. The van der Waals surface area contributed by atoms with Gasteiger partial charge in [-0.3, -0.25) is 4.79 Å². The van der Waals surface area contributed by atoms with Crippen LogP contribution in [0, 0.1) is 12.8 Å². The number of fused-ring (bicyclic) bond motifs is 1. The molecule has 1 aromatic heterocycles. The van der Waals surface area contributed by atoms with Crippen molar-refractivity contribution >= 4 is 11.7 Å². The first-order chi connectivity index (χ1) is 11.2. The first-order valence-electron chi connectivity index (χ1n) is 8.70. The zero-order chi connectivity index (χ0) is 15.8. The molecule has 1 aromatic rings. The van der Waals surface area contributed by atoms with Crippen LogP contribution in [0.15, 0.2) is 12.1 Å². The number of rotatable bonds is 3. The van der Waals surface area contributed by atoms with Gasteiger partial charge in [0.1, 0.15) is 6.10 Å². The summed E-state index contributed by atoms with van der Waals surface area (Å²) in [5.41, 5.74) is 0.925. The van der Waals surface area contributed by atoms with Crippen LogP contribution in [-0.4, -0.2) is 47.4 Å². The van der Waals surface area contributed by atoms with E-state index in [2.05, 4.69) is 20.4 Å². The average molecular weight is 316 g/mol. The van der Waals surface area contributed by atoms with Gasteiger partial charge in [0.2, 0.25) is 5.91 Å². The summed E-state index contributed by atoms with van der Waals surface area (Å²) in [4.78, 5) is 14.5. The molecular formula is C17H24N4O2. The molecule has 2 aliphatic heterocycles. The van der Waals surface area contributed by atoms with Gasteiger partial charge in [0.25, 0.3) is 0 Å². The number of hydrogen-bond donors (Lipinski definition) is 1. The van der Waals surface area contributed by atoms with Crippen molar-refractivity contribution in [1.29, 1.82) is 0 Å². The van der Waals surface area contributed by atoms with Crippen molar-refractivity contribution in [1.82, 2.24) is 15.5 Å². The van der Waals surface area contributed by atoms with Gasteiger partial charge >= 0.3 is 0 Å². The van der Waals surface area contributed by atoms with Crippen molar-refractivity contribution in [3.05, 3.63) is 17.8 Å². The second kappa shape index (κ2) is 6.07. The molecule has 3 aliphatic rings. The zero-order valence-corrected chi connectivity index (χ0v) is 13.6. The molecular weight excluding hydrogens is 292 g/mol. The fourth-order valence-electron chi connectivity index (χ4n) is 3.71. The van der Waals surface area contributed by atoms with E-state index in [-0.39, 0.29) is 18.1 Å². The highest BCUT2D eigenvalue weighted by Gasteiger charge is 2.42. The van der Waals surface area contributed by atoms with E-state index in [4.69, 9.17) is 4.74 Å². The fraction of sp³-hybridized carbons (Fsp3) is 0.706. The SMILES string of the molecule is Cc1ccc(N2CC[C@@H]3C[C@H](C(=O)NC4CCC4)O[C@@H]3C2)nn1. The van der Waals surface area contributed by atoms with Crippen LogP contribution in [0.2, 0.25) is 0 Å². The van der Waals surface area contributed by atoms with Crippen LogP contribution in [0.3, 0.4) is 0 Å². The van der Waals surface area contributed by atoms with Gasteiger partial charge in [-0.15, -0.1) is 5.10 Å². The molecule has 0 radical (unpaired) electrons. The fourth-order valence-corrected chi connectivity index (χ4v) is 3.71. The predicted molar refractivity (Wildman–Crippen MR) is 86.1 cm³/mol. The molecule has 0 bridgehead atoms. The van der Waals surface area contributed by atoms with E-state index >= 15 is 0 Å². The lowest BCUT2D eigenvalue weighted by molar-refractivity contribution is -0.133. The normalized spacial score (nSPS) is 30.7. The third-order valence-corrected chi connectivity index (χ3v) is 5.40. The van der Waals surface area contributed by atoms with Gasteiger partial charge in [0, 0.05) is 19.1 Å². The molecule has 0 aromatic carbocycles. The third-order valence-electron chi connectivity index (χ3n) is 5.40. The summed E-state index contributed by atoms with van der Waals surface area (Å²) < 4.78 is 6.07. The van der Waals surface area contributed by atoms with Crippen LogP contribution in [0.4, 0.5) is 5.82 Å². The number of aryl methyl sites for hydroxylation is 1. The Morgan fingerprint density at radius 2 is 2.17 bits per heavy atom. The summed E-state index contributed by atoms with van der Waals surface area (Å²) in [5.74, 6) is 1.48. The summed E-state index contributed by atoms with van der Waals surface area (Å²) >= 11 is 0. The van der Waals surface area contributed by atoms with Gasteiger partial charge in [-0.05, 0) is 57.1 Å². The van der Waals surface area contributed by atoms with Gasteiger partial charge in [0.05, 0.1) is 11.8 Å². The van der Waals surface area contributed by atoms with Crippen molar-refractivity contribution in [2.75, 3.05) is 18.0 Å². The molecule has 23 heavy (non-hydrogen) atoms. The molecule has 6 nitrogen and oxygen atoms in total. The number of amides is 1. The van der Waals surface area contributed by atoms with E-state index in [9.17, 15) is 4.79 Å². The number of nitrogens with zero attached hydrogens (tertiary/aromatic N) is 3. The van der Waals surface area contributed by atoms with Gasteiger partial charge in [-0.1, -0.05) is 0 Å². The highest BCUT2D eigenvalue weighted by Crippen LogP contribution is 2.34. The second-order valence-electron chi connectivity index (χ2n) is 7.06. The van der Waals surface area contributed by atoms with E-state index in [0.29, 0.717) is 12.0 Å². The Kier molecular flexibility index (Phi) is 3.93. The second-order valence-corrected chi connectivity index (χ2v) is 7.06. The Balaban J connectivity index is 1.36. The lowest BCUT2D eigenvalue weighted by Crippen LogP contribution is -2.45. The minimum atomic E-state index is -0.269. The summed E-state index contributed by atoms with van der Waals surface area (Å²) in [6.07, 6.45) is 5.23. The van der Waals surface area contributed by atoms with E-state index in [1.165, 1.54) is 6.42 Å². The molecule has 1 saturated carbocycles. The average Bonchev–Trinajstić information content (AvgIpc) is 2.94. The topological polar surface area (TPSA) is 67.4 Å². The Labute approximate surface area is 136 Å². The zero-order valence-electron chi connectivity index (χ0n) is 13.6. The van der Waals surface area contributed by atoms with Gasteiger partial charge in [0.15, 0.2) is 5.82 Å². The quantitative estimate of drug-likeness (QED) is 0.914. The lowest BCUT2D eigenvalue weighted by Gasteiger charge is -2.34. The van der Waals surface area contributed by atoms with Gasteiger partial charge < -0.3 is 15.0 Å². The van der Waals surface area contributed by atoms with Crippen LogP contribution >= 0.6 is 0 Å². The highest BCUT2D eigenvalue weighted by molar-refractivity contribution is 5.81. The minimum absolute atomic E-state index is 0.0887. The summed E-state index contributed by atoms with van der Waals surface area (Å²) in [5, 5.41) is 11.5. The number of piperidine rings is 1. The van der Waals surface area contributed by atoms with E-state index in [1.807, 2.05) is 19.1 Å².